The van der Waals surface area contributed by atoms with E-state index >= 15 is 0 Å². The van der Waals surface area contributed by atoms with Gasteiger partial charge in [-0.3, -0.25) is 0 Å². The van der Waals surface area contributed by atoms with Gasteiger partial charge in [-0.2, -0.15) is 0 Å². The minimum atomic E-state index is -1.03. The van der Waals surface area contributed by atoms with Crippen LogP contribution in [-0.2, 0) is 4.74 Å². The lowest BCUT2D eigenvalue weighted by Gasteiger charge is -2.34. The minimum Gasteiger partial charge on any atom is -0.410 e. The molecule has 0 spiro atoms. The number of ether oxygens (including phenoxy) is 2. The smallest absolute Gasteiger partial charge is 0.410 e. The highest BCUT2D eigenvalue weighted by molar-refractivity contribution is 5.70. The van der Waals surface area contributed by atoms with Crippen LogP contribution in [0.3, 0.4) is 0 Å². The first-order valence-corrected chi connectivity index (χ1v) is 10.7. The summed E-state index contributed by atoms with van der Waals surface area (Å²) in [6, 6.07) is 3.14. The van der Waals surface area contributed by atoms with Crippen LogP contribution in [0.5, 0.6) is 5.75 Å². The normalized spacial score (nSPS) is 19.4. The van der Waals surface area contributed by atoms with E-state index in [0.29, 0.717) is 0 Å². The molecule has 1 aromatic rings. The maximum absolute atomic E-state index is 13.3. The molecule has 1 aromatic carbocycles. The summed E-state index contributed by atoms with van der Waals surface area (Å²) in [4.78, 5) is 16.3. The van der Waals surface area contributed by atoms with E-state index in [0.717, 1.165) is 76.9 Å². The average Bonchev–Trinajstić information content (AvgIpc) is 2.73. The number of hydrogen-bond donors (Lipinski definition) is 0. The fourth-order valence-corrected chi connectivity index (χ4v) is 3.69. The number of amides is 1. The second-order valence-electron chi connectivity index (χ2n) is 7.59. The molecule has 0 heterocycles. The Morgan fingerprint density at radius 3 is 2.38 bits per heavy atom. The molecule has 0 saturated heterocycles. The van der Waals surface area contributed by atoms with E-state index in [2.05, 4.69) is 18.7 Å². The number of carbonyl (C=O) groups excluding carboxylic acids is 1. The number of nitrogens with zero attached hydrogens (tertiary/aromatic N) is 2. The van der Waals surface area contributed by atoms with Crippen LogP contribution in [0.1, 0.15) is 52.4 Å². The van der Waals surface area contributed by atoms with Crippen molar-refractivity contribution in [3.05, 3.63) is 29.8 Å². The molecule has 2 rings (SSSR count). The van der Waals surface area contributed by atoms with Gasteiger partial charge in [0.2, 0.25) is 0 Å². The van der Waals surface area contributed by atoms with Crippen LogP contribution in [0.2, 0.25) is 0 Å². The molecular weight excluding hydrogens is 378 g/mol. The molecule has 0 aromatic heterocycles. The maximum Gasteiger partial charge on any atom is 0.415 e. The van der Waals surface area contributed by atoms with Gasteiger partial charge in [-0.25, -0.2) is 13.6 Å². The van der Waals surface area contributed by atoms with E-state index in [-0.39, 0.29) is 17.9 Å². The van der Waals surface area contributed by atoms with Gasteiger partial charge in [0.15, 0.2) is 11.6 Å². The minimum absolute atomic E-state index is 0.00230. The number of halogens is 2. The molecule has 1 aliphatic carbocycles. The molecule has 0 unspecified atom stereocenters. The first kappa shape index (κ1) is 23.5. The van der Waals surface area contributed by atoms with Gasteiger partial charge in [0.25, 0.3) is 0 Å². The second kappa shape index (κ2) is 12.1. The Morgan fingerprint density at radius 2 is 1.76 bits per heavy atom. The zero-order chi connectivity index (χ0) is 21.2. The summed E-state index contributed by atoms with van der Waals surface area (Å²) in [5, 5.41) is 0. The van der Waals surface area contributed by atoms with Crippen LogP contribution in [0.4, 0.5) is 13.6 Å². The van der Waals surface area contributed by atoms with E-state index in [1.807, 2.05) is 0 Å². The zero-order valence-electron chi connectivity index (χ0n) is 17.8. The fraction of sp³-hybridized carbons (Fsp3) is 0.682. The van der Waals surface area contributed by atoms with Crippen molar-refractivity contribution >= 4 is 6.09 Å². The standard InChI is InChI=1S/C22H34F2N2O3/c1-4-26(5-2)14-6-7-15-28-18-10-8-17(9-11-18)25(3)22(27)29-19-12-13-20(23)21(24)16-19/h12-13,16-18H,4-11,14-15H2,1-3H3. The third kappa shape index (κ3) is 7.55. The van der Waals surface area contributed by atoms with E-state index in [4.69, 9.17) is 9.47 Å². The number of benzene rings is 1. The third-order valence-corrected chi connectivity index (χ3v) is 5.69. The van der Waals surface area contributed by atoms with Crippen LogP contribution in [0.25, 0.3) is 0 Å². The van der Waals surface area contributed by atoms with E-state index in [1.54, 1.807) is 11.9 Å². The van der Waals surface area contributed by atoms with Crippen molar-refractivity contribution in [3.63, 3.8) is 0 Å². The topological polar surface area (TPSA) is 42.0 Å². The molecule has 5 nitrogen and oxygen atoms in total. The van der Waals surface area contributed by atoms with Crippen molar-refractivity contribution < 1.29 is 23.0 Å². The van der Waals surface area contributed by atoms with E-state index in [9.17, 15) is 13.6 Å². The molecule has 164 valence electrons. The molecule has 1 saturated carbocycles. The summed E-state index contributed by atoms with van der Waals surface area (Å²) in [6.45, 7) is 8.45. The lowest BCUT2D eigenvalue weighted by Crippen LogP contribution is -2.42. The van der Waals surface area contributed by atoms with Crippen LogP contribution in [-0.4, -0.2) is 61.3 Å². The Bertz CT molecular complexity index is 632. The lowest BCUT2D eigenvalue weighted by molar-refractivity contribution is 0.00998. The van der Waals surface area contributed by atoms with Crippen molar-refractivity contribution in [1.29, 1.82) is 0 Å². The molecule has 0 aliphatic heterocycles. The van der Waals surface area contributed by atoms with Gasteiger partial charge in [0, 0.05) is 25.8 Å². The summed E-state index contributed by atoms with van der Waals surface area (Å²) in [5.74, 6) is -2.00. The first-order chi connectivity index (χ1) is 13.9. The highest BCUT2D eigenvalue weighted by Crippen LogP contribution is 2.26. The number of unbranched alkanes of at least 4 members (excludes halogenated alkanes) is 1. The zero-order valence-corrected chi connectivity index (χ0v) is 17.8. The SMILES string of the molecule is CCN(CC)CCCCOC1CCC(N(C)C(=O)Oc2ccc(F)c(F)c2)CC1. The quantitative estimate of drug-likeness (QED) is 0.516. The van der Waals surface area contributed by atoms with Crippen LogP contribution < -0.4 is 4.74 Å². The molecule has 7 heteroatoms. The molecule has 1 fully saturated rings. The van der Waals surface area contributed by atoms with Crippen molar-refractivity contribution in [2.45, 2.75) is 64.5 Å². The summed E-state index contributed by atoms with van der Waals surface area (Å²) in [5.41, 5.74) is 0. The van der Waals surface area contributed by atoms with Crippen LogP contribution >= 0.6 is 0 Å². The van der Waals surface area contributed by atoms with Crippen molar-refractivity contribution in [3.8, 4) is 5.75 Å². The Hall–Kier alpha value is -1.73. The van der Waals surface area contributed by atoms with Crippen molar-refractivity contribution in [2.75, 3.05) is 33.3 Å². The summed E-state index contributed by atoms with van der Waals surface area (Å²) in [6.07, 6.45) is 5.40. The Labute approximate surface area is 173 Å². The number of rotatable bonds is 10. The largest absolute Gasteiger partial charge is 0.415 e. The monoisotopic (exact) mass is 412 g/mol. The fourth-order valence-electron chi connectivity index (χ4n) is 3.69. The molecule has 0 radical (unpaired) electrons. The Kier molecular flexibility index (Phi) is 9.81. The van der Waals surface area contributed by atoms with E-state index < -0.39 is 17.7 Å². The highest BCUT2D eigenvalue weighted by atomic mass is 19.2. The van der Waals surface area contributed by atoms with Gasteiger partial charge < -0.3 is 19.3 Å². The van der Waals surface area contributed by atoms with Crippen LogP contribution in [0.15, 0.2) is 18.2 Å². The molecule has 0 bridgehead atoms. The van der Waals surface area contributed by atoms with Gasteiger partial charge in [0.1, 0.15) is 5.75 Å². The highest BCUT2D eigenvalue weighted by Gasteiger charge is 2.28. The lowest BCUT2D eigenvalue weighted by atomic mass is 9.92. The molecule has 0 atom stereocenters. The van der Waals surface area contributed by atoms with E-state index in [1.165, 1.54) is 6.07 Å². The predicted molar refractivity (Wildman–Crippen MR) is 109 cm³/mol. The summed E-state index contributed by atoms with van der Waals surface area (Å²) >= 11 is 0. The molecule has 1 aliphatic rings. The first-order valence-electron chi connectivity index (χ1n) is 10.7. The molecular formula is C22H34F2N2O3. The molecule has 29 heavy (non-hydrogen) atoms. The van der Waals surface area contributed by atoms with Crippen molar-refractivity contribution in [1.82, 2.24) is 9.80 Å². The second-order valence-corrected chi connectivity index (χ2v) is 7.59. The summed E-state index contributed by atoms with van der Waals surface area (Å²) in [7, 11) is 1.68. The van der Waals surface area contributed by atoms with Crippen LogP contribution in [0, 0.1) is 11.6 Å². The maximum atomic E-state index is 13.3. The number of carbonyl (C=O) groups is 1. The van der Waals surface area contributed by atoms with Gasteiger partial charge in [-0.15, -0.1) is 0 Å². The predicted octanol–water partition coefficient (Wildman–Crippen LogP) is 4.85. The van der Waals surface area contributed by atoms with Gasteiger partial charge >= 0.3 is 6.09 Å². The van der Waals surface area contributed by atoms with Crippen molar-refractivity contribution in [2.24, 2.45) is 0 Å². The Balaban J connectivity index is 1.66. The van der Waals surface area contributed by atoms with Gasteiger partial charge in [-0.05, 0) is 70.3 Å². The third-order valence-electron chi connectivity index (χ3n) is 5.69. The van der Waals surface area contributed by atoms with Gasteiger partial charge in [-0.1, -0.05) is 13.8 Å². The molecule has 0 N–H and O–H groups in total. The molecule has 1 amide bonds. The van der Waals surface area contributed by atoms with Gasteiger partial charge in [0.05, 0.1) is 6.10 Å². The average molecular weight is 413 g/mol. The number of hydrogen-bond acceptors (Lipinski definition) is 4. The summed E-state index contributed by atoms with van der Waals surface area (Å²) < 4.78 is 37.4. The Morgan fingerprint density at radius 1 is 1.07 bits per heavy atom.